The zero-order valence-corrected chi connectivity index (χ0v) is 12.5. The molecule has 0 spiro atoms. The molecule has 1 aliphatic rings. The Kier molecular flexibility index (Phi) is 5.39. The van der Waals surface area contributed by atoms with Crippen LogP contribution in [0, 0.1) is 5.92 Å². The highest BCUT2D eigenvalue weighted by Gasteiger charge is 2.15. The van der Waals surface area contributed by atoms with Gasteiger partial charge in [-0.25, -0.2) is 4.98 Å². The van der Waals surface area contributed by atoms with Gasteiger partial charge in [-0.2, -0.15) is 0 Å². The van der Waals surface area contributed by atoms with E-state index in [4.69, 9.17) is 0 Å². The molecule has 2 N–H and O–H groups in total. The molecule has 1 saturated carbocycles. The molecule has 1 fully saturated rings. The van der Waals surface area contributed by atoms with Crippen molar-refractivity contribution < 1.29 is 4.79 Å². The number of amides is 1. The first-order chi connectivity index (χ1) is 9.72. The maximum absolute atomic E-state index is 12.2. The molecular formula is C16H25N3O. The van der Waals surface area contributed by atoms with Crippen molar-refractivity contribution in [3.05, 3.63) is 23.4 Å². The van der Waals surface area contributed by atoms with Crippen LogP contribution in [0.4, 0.5) is 5.82 Å². The number of anilines is 1. The molecule has 1 amide bonds. The summed E-state index contributed by atoms with van der Waals surface area (Å²) in [6.45, 7) is 2.83. The number of hydrogen-bond acceptors (Lipinski definition) is 3. The molecule has 4 nitrogen and oxygen atoms in total. The van der Waals surface area contributed by atoms with Crippen LogP contribution >= 0.6 is 0 Å². The average molecular weight is 275 g/mol. The van der Waals surface area contributed by atoms with Gasteiger partial charge in [-0.05, 0) is 30.9 Å². The van der Waals surface area contributed by atoms with Crippen LogP contribution in [0.25, 0.3) is 0 Å². The first kappa shape index (κ1) is 14.8. The first-order valence-electron chi connectivity index (χ1n) is 7.69. The lowest BCUT2D eigenvalue weighted by Gasteiger charge is -2.11. The van der Waals surface area contributed by atoms with Crippen LogP contribution in [0.3, 0.4) is 0 Å². The number of nitrogens with one attached hydrogen (secondary N) is 2. The summed E-state index contributed by atoms with van der Waals surface area (Å²) in [5, 5.41) is 6.04. The number of pyridine rings is 1. The van der Waals surface area contributed by atoms with Gasteiger partial charge in [0.15, 0.2) is 0 Å². The monoisotopic (exact) mass is 275 g/mol. The second-order valence-electron chi connectivity index (χ2n) is 5.53. The van der Waals surface area contributed by atoms with Crippen LogP contribution in [-0.2, 0) is 6.42 Å². The molecule has 4 heteroatoms. The Balaban J connectivity index is 1.90. The minimum absolute atomic E-state index is 0.0107. The van der Waals surface area contributed by atoms with Gasteiger partial charge in [0.1, 0.15) is 5.82 Å². The van der Waals surface area contributed by atoms with E-state index in [1.165, 1.54) is 25.7 Å². The molecule has 110 valence electrons. The number of aromatic nitrogens is 1. The van der Waals surface area contributed by atoms with E-state index in [0.29, 0.717) is 5.56 Å². The smallest absolute Gasteiger partial charge is 0.251 e. The van der Waals surface area contributed by atoms with E-state index < -0.39 is 0 Å². The third kappa shape index (κ3) is 3.95. The molecule has 0 bridgehead atoms. The molecule has 0 saturated heterocycles. The van der Waals surface area contributed by atoms with Crippen molar-refractivity contribution in [2.45, 2.75) is 45.4 Å². The predicted molar refractivity (Wildman–Crippen MR) is 82.1 cm³/mol. The van der Waals surface area contributed by atoms with Crippen LogP contribution in [0.15, 0.2) is 12.1 Å². The fourth-order valence-electron chi connectivity index (χ4n) is 2.82. The highest BCUT2D eigenvalue weighted by Crippen LogP contribution is 2.26. The largest absolute Gasteiger partial charge is 0.373 e. The van der Waals surface area contributed by atoms with Crippen molar-refractivity contribution in [3.8, 4) is 0 Å². The molecule has 0 atom stereocenters. The van der Waals surface area contributed by atoms with Gasteiger partial charge in [0.25, 0.3) is 5.91 Å². The van der Waals surface area contributed by atoms with E-state index in [-0.39, 0.29) is 5.91 Å². The van der Waals surface area contributed by atoms with E-state index in [1.54, 1.807) is 0 Å². The Hall–Kier alpha value is -1.58. The molecule has 0 aliphatic heterocycles. The summed E-state index contributed by atoms with van der Waals surface area (Å²) in [7, 11) is 1.82. The van der Waals surface area contributed by atoms with E-state index >= 15 is 0 Å². The van der Waals surface area contributed by atoms with Gasteiger partial charge >= 0.3 is 0 Å². The summed E-state index contributed by atoms with van der Waals surface area (Å²) in [6, 6.07) is 3.69. The van der Waals surface area contributed by atoms with Gasteiger partial charge in [-0.3, -0.25) is 4.79 Å². The lowest BCUT2D eigenvalue weighted by Crippen LogP contribution is -2.26. The summed E-state index contributed by atoms with van der Waals surface area (Å²) < 4.78 is 0. The second-order valence-corrected chi connectivity index (χ2v) is 5.53. The van der Waals surface area contributed by atoms with Gasteiger partial charge in [0, 0.05) is 24.8 Å². The van der Waals surface area contributed by atoms with Crippen LogP contribution in [0.2, 0.25) is 0 Å². The number of aryl methyl sites for hydroxylation is 1. The molecule has 1 aromatic rings. The molecular weight excluding hydrogens is 250 g/mol. The van der Waals surface area contributed by atoms with Crippen LogP contribution in [0.1, 0.15) is 55.1 Å². The summed E-state index contributed by atoms with van der Waals surface area (Å²) in [5.74, 6) is 1.58. The summed E-state index contributed by atoms with van der Waals surface area (Å²) in [4.78, 5) is 16.6. The van der Waals surface area contributed by atoms with Crippen LogP contribution in [0.5, 0.6) is 0 Å². The zero-order valence-electron chi connectivity index (χ0n) is 12.5. The van der Waals surface area contributed by atoms with E-state index in [2.05, 4.69) is 15.6 Å². The molecule has 0 aromatic carbocycles. The number of hydrogen-bond donors (Lipinski definition) is 2. The predicted octanol–water partition coefficient (Wildman–Crippen LogP) is 3.00. The van der Waals surface area contributed by atoms with Crippen molar-refractivity contribution in [1.29, 1.82) is 0 Å². The number of rotatable bonds is 6. The second kappa shape index (κ2) is 7.27. The molecule has 0 radical (unpaired) electrons. The highest BCUT2D eigenvalue weighted by atomic mass is 16.1. The maximum atomic E-state index is 12.2. The topological polar surface area (TPSA) is 54.0 Å². The van der Waals surface area contributed by atoms with Gasteiger partial charge < -0.3 is 10.6 Å². The molecule has 1 heterocycles. The summed E-state index contributed by atoms with van der Waals surface area (Å²) in [5.41, 5.74) is 1.64. The minimum Gasteiger partial charge on any atom is -0.373 e. The molecule has 0 unspecified atom stereocenters. The van der Waals surface area contributed by atoms with Crippen molar-refractivity contribution in [3.63, 3.8) is 0 Å². The highest BCUT2D eigenvalue weighted by molar-refractivity contribution is 5.95. The number of carbonyl (C=O) groups is 1. The molecule has 2 rings (SSSR count). The van der Waals surface area contributed by atoms with Crippen molar-refractivity contribution in [2.75, 3.05) is 18.9 Å². The quantitative estimate of drug-likeness (QED) is 0.839. The van der Waals surface area contributed by atoms with Crippen molar-refractivity contribution in [1.82, 2.24) is 10.3 Å². The fourth-order valence-corrected chi connectivity index (χ4v) is 2.82. The Bertz CT molecular complexity index is 431. The average Bonchev–Trinajstić information content (AvgIpc) is 2.99. The van der Waals surface area contributed by atoms with E-state index in [1.807, 2.05) is 26.1 Å². The lowest BCUT2D eigenvalue weighted by atomic mass is 10.0. The standard InChI is InChI=1S/C16H25N3O/c1-3-14-10-13(11-15(17-2)19-14)16(20)18-9-8-12-6-4-5-7-12/h10-12H,3-9H2,1-2H3,(H,17,19)(H,18,20). The van der Waals surface area contributed by atoms with Crippen molar-refractivity contribution in [2.24, 2.45) is 5.92 Å². The minimum atomic E-state index is 0.0107. The zero-order chi connectivity index (χ0) is 14.4. The Morgan fingerprint density at radius 2 is 2.10 bits per heavy atom. The Labute approximate surface area is 121 Å². The van der Waals surface area contributed by atoms with Gasteiger partial charge in [0.2, 0.25) is 0 Å². The third-order valence-electron chi connectivity index (χ3n) is 4.07. The first-order valence-corrected chi connectivity index (χ1v) is 7.69. The summed E-state index contributed by atoms with van der Waals surface area (Å²) in [6.07, 6.45) is 7.31. The van der Waals surface area contributed by atoms with Gasteiger partial charge in [-0.15, -0.1) is 0 Å². The summed E-state index contributed by atoms with van der Waals surface area (Å²) >= 11 is 0. The molecule has 1 aliphatic carbocycles. The number of carbonyl (C=O) groups excluding carboxylic acids is 1. The third-order valence-corrected chi connectivity index (χ3v) is 4.07. The molecule has 1 aromatic heterocycles. The normalized spacial score (nSPS) is 15.3. The SMILES string of the molecule is CCc1cc(C(=O)NCCC2CCCC2)cc(NC)n1. The van der Waals surface area contributed by atoms with Gasteiger partial charge in [0.05, 0.1) is 0 Å². The Morgan fingerprint density at radius 1 is 1.35 bits per heavy atom. The van der Waals surface area contributed by atoms with E-state index in [9.17, 15) is 4.79 Å². The van der Waals surface area contributed by atoms with Gasteiger partial charge in [-0.1, -0.05) is 32.6 Å². The lowest BCUT2D eigenvalue weighted by molar-refractivity contribution is 0.0951. The fraction of sp³-hybridized carbons (Fsp3) is 0.625. The molecule has 20 heavy (non-hydrogen) atoms. The van der Waals surface area contributed by atoms with Crippen LogP contribution in [-0.4, -0.2) is 24.5 Å². The van der Waals surface area contributed by atoms with Crippen molar-refractivity contribution >= 4 is 11.7 Å². The maximum Gasteiger partial charge on any atom is 0.251 e. The number of nitrogens with zero attached hydrogens (tertiary/aromatic N) is 1. The Morgan fingerprint density at radius 3 is 2.75 bits per heavy atom. The van der Waals surface area contributed by atoms with E-state index in [0.717, 1.165) is 36.8 Å². The van der Waals surface area contributed by atoms with Crippen LogP contribution < -0.4 is 10.6 Å².